The van der Waals surface area contributed by atoms with E-state index in [1.54, 1.807) is 24.7 Å². The van der Waals surface area contributed by atoms with Crippen LogP contribution in [0.3, 0.4) is 0 Å². The second-order valence-electron chi connectivity index (χ2n) is 4.94. The van der Waals surface area contributed by atoms with Crippen LogP contribution >= 0.6 is 11.3 Å². The Morgan fingerprint density at radius 2 is 2.40 bits per heavy atom. The summed E-state index contributed by atoms with van der Waals surface area (Å²) in [7, 11) is 1.66. The van der Waals surface area contributed by atoms with E-state index in [0.717, 1.165) is 16.5 Å². The molecule has 0 saturated heterocycles. The lowest BCUT2D eigenvalue weighted by Crippen LogP contribution is -2.46. The van der Waals surface area contributed by atoms with Crippen LogP contribution in [-0.4, -0.2) is 36.0 Å². The molecule has 2 N–H and O–H groups in total. The molecule has 0 aliphatic heterocycles. The average molecular weight is 296 g/mol. The van der Waals surface area contributed by atoms with E-state index >= 15 is 0 Å². The summed E-state index contributed by atoms with van der Waals surface area (Å²) in [6, 6.07) is 3.75. The van der Waals surface area contributed by atoms with Crippen molar-refractivity contribution in [3.63, 3.8) is 0 Å². The summed E-state index contributed by atoms with van der Waals surface area (Å²) < 4.78 is 10.5. The Hall–Kier alpha value is -1.21. The van der Waals surface area contributed by atoms with Gasteiger partial charge in [-0.2, -0.15) is 0 Å². The molecule has 5 nitrogen and oxygen atoms in total. The molecule has 20 heavy (non-hydrogen) atoms. The number of aliphatic hydroxyl groups is 1. The highest BCUT2D eigenvalue weighted by Crippen LogP contribution is 2.24. The SMILES string of the molecule is COCC(C)(CCO)NCc1csc(-c2ccco2)n1. The van der Waals surface area contributed by atoms with E-state index in [0.29, 0.717) is 19.6 Å². The molecule has 0 aromatic carbocycles. The van der Waals surface area contributed by atoms with E-state index in [1.165, 1.54) is 0 Å². The Morgan fingerprint density at radius 1 is 1.55 bits per heavy atom. The first-order valence-corrected chi connectivity index (χ1v) is 7.38. The van der Waals surface area contributed by atoms with Gasteiger partial charge >= 0.3 is 0 Å². The number of aromatic nitrogens is 1. The molecule has 0 fully saturated rings. The molecule has 2 aromatic rings. The highest BCUT2D eigenvalue weighted by atomic mass is 32.1. The van der Waals surface area contributed by atoms with Crippen LogP contribution in [0.15, 0.2) is 28.2 Å². The van der Waals surface area contributed by atoms with Gasteiger partial charge in [0.1, 0.15) is 0 Å². The van der Waals surface area contributed by atoms with Crippen LogP contribution in [0, 0.1) is 0 Å². The molecular weight excluding hydrogens is 276 g/mol. The Morgan fingerprint density at radius 3 is 3.05 bits per heavy atom. The monoisotopic (exact) mass is 296 g/mol. The average Bonchev–Trinajstić information content (AvgIpc) is 3.08. The molecule has 6 heteroatoms. The third kappa shape index (κ3) is 3.89. The third-order valence-corrected chi connectivity index (χ3v) is 4.01. The zero-order valence-electron chi connectivity index (χ0n) is 11.8. The third-order valence-electron chi connectivity index (χ3n) is 3.11. The summed E-state index contributed by atoms with van der Waals surface area (Å²) in [5.74, 6) is 0.788. The summed E-state index contributed by atoms with van der Waals surface area (Å²) >= 11 is 1.56. The Balaban J connectivity index is 1.96. The van der Waals surface area contributed by atoms with E-state index in [9.17, 15) is 0 Å². The first-order valence-electron chi connectivity index (χ1n) is 6.50. The second-order valence-corrected chi connectivity index (χ2v) is 5.80. The van der Waals surface area contributed by atoms with Crippen molar-refractivity contribution in [1.29, 1.82) is 0 Å². The number of hydrogen-bond donors (Lipinski definition) is 2. The van der Waals surface area contributed by atoms with Crippen LogP contribution in [0.4, 0.5) is 0 Å². The van der Waals surface area contributed by atoms with Crippen molar-refractivity contribution < 1.29 is 14.3 Å². The maximum Gasteiger partial charge on any atom is 0.162 e. The summed E-state index contributed by atoms with van der Waals surface area (Å²) in [6.07, 6.45) is 2.28. The number of ether oxygens (including phenoxy) is 1. The highest BCUT2D eigenvalue weighted by Gasteiger charge is 2.23. The van der Waals surface area contributed by atoms with Gasteiger partial charge in [0.15, 0.2) is 10.8 Å². The van der Waals surface area contributed by atoms with Crippen LogP contribution in [-0.2, 0) is 11.3 Å². The summed E-state index contributed by atoms with van der Waals surface area (Å²) in [4.78, 5) is 4.53. The van der Waals surface area contributed by atoms with Crippen molar-refractivity contribution in [3.05, 3.63) is 29.5 Å². The van der Waals surface area contributed by atoms with Crippen LogP contribution in [0.5, 0.6) is 0 Å². The minimum atomic E-state index is -0.252. The minimum Gasteiger partial charge on any atom is -0.462 e. The molecule has 1 atom stereocenters. The zero-order chi connectivity index (χ0) is 14.4. The van der Waals surface area contributed by atoms with Crippen LogP contribution in [0.1, 0.15) is 19.0 Å². The van der Waals surface area contributed by atoms with E-state index < -0.39 is 0 Å². The first kappa shape index (κ1) is 15.2. The lowest BCUT2D eigenvalue weighted by molar-refractivity contribution is 0.0968. The van der Waals surface area contributed by atoms with Gasteiger partial charge in [-0.15, -0.1) is 11.3 Å². The van der Waals surface area contributed by atoms with Crippen LogP contribution in [0.25, 0.3) is 10.8 Å². The molecule has 0 amide bonds. The highest BCUT2D eigenvalue weighted by molar-refractivity contribution is 7.13. The van der Waals surface area contributed by atoms with E-state index in [-0.39, 0.29) is 12.1 Å². The fourth-order valence-electron chi connectivity index (χ4n) is 1.98. The molecule has 0 aliphatic rings. The number of thiazole rings is 1. The number of rotatable bonds is 8. The van der Waals surface area contributed by atoms with Gasteiger partial charge in [0, 0.05) is 31.2 Å². The Labute approximate surface area is 122 Å². The van der Waals surface area contributed by atoms with E-state index in [4.69, 9.17) is 14.3 Å². The number of methoxy groups -OCH3 is 1. The lowest BCUT2D eigenvalue weighted by atomic mass is 9.99. The lowest BCUT2D eigenvalue weighted by Gasteiger charge is -2.29. The molecule has 110 valence electrons. The van der Waals surface area contributed by atoms with Crippen LogP contribution in [0.2, 0.25) is 0 Å². The topological polar surface area (TPSA) is 67.5 Å². The van der Waals surface area contributed by atoms with Gasteiger partial charge in [-0.3, -0.25) is 0 Å². The standard InChI is InChI=1S/C14H20N2O3S/c1-14(5-6-17,10-18-2)15-8-11-9-20-13(16-11)12-4-3-7-19-12/h3-4,7,9,15,17H,5-6,8,10H2,1-2H3. The van der Waals surface area contributed by atoms with E-state index in [2.05, 4.69) is 10.3 Å². The second kappa shape index (κ2) is 6.99. The number of aliphatic hydroxyl groups excluding tert-OH is 1. The predicted octanol–water partition coefficient (Wildman–Crippen LogP) is 2.28. The molecule has 0 aliphatic carbocycles. The smallest absolute Gasteiger partial charge is 0.162 e. The fraction of sp³-hybridized carbons (Fsp3) is 0.500. The predicted molar refractivity (Wildman–Crippen MR) is 78.6 cm³/mol. The molecule has 0 radical (unpaired) electrons. The fourth-order valence-corrected chi connectivity index (χ4v) is 2.77. The van der Waals surface area contributed by atoms with Gasteiger partial charge in [0.25, 0.3) is 0 Å². The molecule has 2 aromatic heterocycles. The molecule has 0 spiro atoms. The van der Waals surface area contributed by atoms with Gasteiger partial charge in [-0.1, -0.05) is 0 Å². The van der Waals surface area contributed by atoms with Crippen LogP contribution < -0.4 is 5.32 Å². The zero-order valence-corrected chi connectivity index (χ0v) is 12.6. The minimum absolute atomic E-state index is 0.127. The maximum atomic E-state index is 9.13. The van der Waals surface area contributed by atoms with Crippen molar-refractivity contribution >= 4 is 11.3 Å². The number of furan rings is 1. The molecule has 2 heterocycles. The summed E-state index contributed by atoms with van der Waals surface area (Å²) in [5.41, 5.74) is 0.708. The van der Waals surface area contributed by atoms with Gasteiger partial charge in [0.05, 0.1) is 18.6 Å². The van der Waals surface area contributed by atoms with Gasteiger partial charge < -0.3 is 19.6 Å². The molecule has 1 unspecified atom stereocenters. The van der Waals surface area contributed by atoms with Gasteiger partial charge in [0.2, 0.25) is 0 Å². The van der Waals surface area contributed by atoms with Crippen molar-refractivity contribution in [1.82, 2.24) is 10.3 Å². The molecular formula is C14H20N2O3S. The molecule has 0 saturated carbocycles. The number of nitrogens with zero attached hydrogens (tertiary/aromatic N) is 1. The summed E-state index contributed by atoms with van der Waals surface area (Å²) in [6.45, 7) is 3.34. The number of hydrogen-bond acceptors (Lipinski definition) is 6. The molecule has 0 bridgehead atoms. The largest absolute Gasteiger partial charge is 0.462 e. The quantitative estimate of drug-likeness (QED) is 0.782. The Kier molecular flexibility index (Phi) is 5.31. The van der Waals surface area contributed by atoms with Crippen molar-refractivity contribution in [2.45, 2.75) is 25.4 Å². The van der Waals surface area contributed by atoms with Crippen molar-refractivity contribution in [2.75, 3.05) is 20.3 Å². The van der Waals surface area contributed by atoms with E-state index in [1.807, 2.05) is 24.4 Å². The normalized spacial score (nSPS) is 14.3. The van der Waals surface area contributed by atoms with Gasteiger partial charge in [-0.25, -0.2) is 4.98 Å². The first-order chi connectivity index (χ1) is 9.67. The molecule has 2 rings (SSSR count). The summed E-state index contributed by atoms with van der Waals surface area (Å²) in [5, 5.41) is 15.4. The Bertz CT molecular complexity index is 504. The van der Waals surface area contributed by atoms with Gasteiger partial charge in [-0.05, 0) is 25.5 Å². The van der Waals surface area contributed by atoms with Crippen molar-refractivity contribution in [3.8, 4) is 10.8 Å². The van der Waals surface area contributed by atoms with Crippen molar-refractivity contribution in [2.24, 2.45) is 0 Å². The number of nitrogens with one attached hydrogen (secondary N) is 1. The maximum absolute atomic E-state index is 9.13.